The largest absolute Gasteiger partial charge is 0.376 e. The van der Waals surface area contributed by atoms with Gasteiger partial charge in [-0.25, -0.2) is 22.8 Å². The Hall–Kier alpha value is -4.64. The molecule has 0 aliphatic rings. The van der Waals surface area contributed by atoms with Crippen LogP contribution in [0.2, 0.25) is 0 Å². The summed E-state index contributed by atoms with van der Waals surface area (Å²) in [6.45, 7) is 0. The third-order valence-corrected chi connectivity index (χ3v) is 7.73. The SMILES string of the molecule is CN(C)c1cncc(-c2ccc3[nH]nc(-c4nc5nccc(-c6cc(F)cc(CCS(C)(=O)=O)c6)c5[nH]4)c3c2)c1. The third-order valence-electron chi connectivity index (χ3n) is 6.78. The highest BCUT2D eigenvalue weighted by molar-refractivity contribution is 7.90. The highest BCUT2D eigenvalue weighted by atomic mass is 32.2. The summed E-state index contributed by atoms with van der Waals surface area (Å²) in [7, 11) is 0.771. The van der Waals surface area contributed by atoms with Crippen LogP contribution in [0.3, 0.4) is 0 Å². The van der Waals surface area contributed by atoms with Gasteiger partial charge in [0.1, 0.15) is 21.3 Å². The first-order valence-electron chi connectivity index (χ1n) is 12.6. The summed E-state index contributed by atoms with van der Waals surface area (Å²) in [5, 5.41) is 8.48. The number of anilines is 1. The Morgan fingerprint density at radius 2 is 1.82 bits per heavy atom. The van der Waals surface area contributed by atoms with Crippen molar-refractivity contribution in [2.45, 2.75) is 6.42 Å². The summed E-state index contributed by atoms with van der Waals surface area (Å²) in [6.07, 6.45) is 6.66. The number of aromatic nitrogens is 6. The van der Waals surface area contributed by atoms with Gasteiger partial charge in [-0.2, -0.15) is 5.10 Å². The van der Waals surface area contributed by atoms with Crippen molar-refractivity contribution in [3.8, 4) is 33.8 Å². The first-order chi connectivity index (χ1) is 19.1. The average Bonchev–Trinajstić information content (AvgIpc) is 3.55. The third kappa shape index (κ3) is 5.03. The minimum absolute atomic E-state index is 0.0560. The number of imidazole rings is 1. The molecule has 0 bridgehead atoms. The molecule has 0 spiro atoms. The quantitative estimate of drug-likeness (QED) is 0.284. The Bertz CT molecular complexity index is 2000. The zero-order chi connectivity index (χ0) is 28.0. The fourth-order valence-electron chi connectivity index (χ4n) is 4.72. The molecule has 2 aromatic carbocycles. The summed E-state index contributed by atoms with van der Waals surface area (Å²) in [5.74, 6) is 0.0242. The minimum Gasteiger partial charge on any atom is -0.376 e. The maximum Gasteiger partial charge on any atom is 0.178 e. The number of aryl methyl sites for hydroxylation is 1. The number of hydrogen-bond acceptors (Lipinski definition) is 7. The van der Waals surface area contributed by atoms with Gasteiger partial charge in [-0.3, -0.25) is 10.1 Å². The van der Waals surface area contributed by atoms with Gasteiger partial charge < -0.3 is 9.88 Å². The smallest absolute Gasteiger partial charge is 0.178 e. The first kappa shape index (κ1) is 25.6. The minimum atomic E-state index is -3.18. The molecule has 0 unspecified atom stereocenters. The summed E-state index contributed by atoms with van der Waals surface area (Å²) in [4.78, 5) is 18.9. The number of rotatable bonds is 7. The van der Waals surface area contributed by atoms with E-state index >= 15 is 0 Å². The maximum atomic E-state index is 14.6. The topological polar surface area (TPSA) is 121 Å². The van der Waals surface area contributed by atoms with E-state index in [2.05, 4.69) is 31.2 Å². The number of halogens is 1. The standard InChI is InChI=1S/C29H26FN7O2S/c1-37(2)22-13-20(15-31-16-22)18-4-5-25-24(14-18)27(36-35-25)29-33-26-23(6-8-32-28(26)34-29)19-10-17(11-21(30)12-19)7-9-40(3,38)39/h4-6,8,10-16H,7,9H2,1-3H3,(H,35,36)(H,32,33,34). The van der Waals surface area contributed by atoms with Crippen LogP contribution in [0.1, 0.15) is 5.56 Å². The average molecular weight is 556 g/mol. The molecular weight excluding hydrogens is 529 g/mol. The van der Waals surface area contributed by atoms with Crippen LogP contribution in [0.15, 0.2) is 67.1 Å². The molecule has 0 atom stereocenters. The Labute approximate surface area is 230 Å². The fourth-order valence-corrected chi connectivity index (χ4v) is 5.33. The molecule has 4 aromatic heterocycles. The number of sulfone groups is 1. The number of benzene rings is 2. The van der Waals surface area contributed by atoms with E-state index in [9.17, 15) is 12.8 Å². The van der Waals surface area contributed by atoms with Gasteiger partial charge in [-0.1, -0.05) is 12.1 Å². The summed E-state index contributed by atoms with van der Waals surface area (Å²) in [6, 6.07) is 14.5. The van der Waals surface area contributed by atoms with Gasteiger partial charge in [0.05, 0.1) is 28.7 Å². The van der Waals surface area contributed by atoms with Crippen molar-refractivity contribution in [3.05, 3.63) is 78.5 Å². The van der Waals surface area contributed by atoms with Gasteiger partial charge in [0, 0.05) is 49.3 Å². The number of nitrogens with zero attached hydrogens (tertiary/aromatic N) is 5. The highest BCUT2D eigenvalue weighted by Crippen LogP contribution is 2.33. The van der Waals surface area contributed by atoms with Gasteiger partial charge in [0.2, 0.25) is 0 Å². The normalized spacial score (nSPS) is 11.9. The van der Waals surface area contributed by atoms with E-state index in [4.69, 9.17) is 4.98 Å². The van der Waals surface area contributed by atoms with Crippen molar-refractivity contribution in [1.29, 1.82) is 0 Å². The van der Waals surface area contributed by atoms with Crippen molar-refractivity contribution in [2.75, 3.05) is 31.0 Å². The molecule has 6 aromatic rings. The molecule has 202 valence electrons. The van der Waals surface area contributed by atoms with Gasteiger partial charge >= 0.3 is 0 Å². The lowest BCUT2D eigenvalue weighted by Crippen LogP contribution is -2.08. The number of aromatic amines is 2. The van der Waals surface area contributed by atoms with E-state index in [1.807, 2.05) is 49.6 Å². The molecule has 0 amide bonds. The van der Waals surface area contributed by atoms with E-state index in [-0.39, 0.29) is 12.2 Å². The lowest BCUT2D eigenvalue weighted by atomic mass is 10.0. The molecule has 11 heteroatoms. The fraction of sp³-hybridized carbons (Fsp3) is 0.172. The van der Waals surface area contributed by atoms with Crippen molar-refractivity contribution in [3.63, 3.8) is 0 Å². The molecule has 0 aliphatic carbocycles. The van der Waals surface area contributed by atoms with E-state index in [1.165, 1.54) is 18.4 Å². The monoisotopic (exact) mass is 555 g/mol. The second-order valence-electron chi connectivity index (χ2n) is 10.0. The molecule has 40 heavy (non-hydrogen) atoms. The van der Waals surface area contributed by atoms with Crippen LogP contribution >= 0.6 is 0 Å². The predicted molar refractivity (Wildman–Crippen MR) is 155 cm³/mol. The second-order valence-corrected chi connectivity index (χ2v) is 12.3. The van der Waals surface area contributed by atoms with Gasteiger partial charge in [0.25, 0.3) is 0 Å². The van der Waals surface area contributed by atoms with Crippen LogP contribution in [-0.2, 0) is 16.3 Å². The Morgan fingerprint density at radius 1 is 0.975 bits per heavy atom. The molecule has 0 saturated heterocycles. The molecule has 9 nitrogen and oxygen atoms in total. The number of hydrogen-bond donors (Lipinski definition) is 2. The molecule has 4 heterocycles. The molecule has 2 N–H and O–H groups in total. The Balaban J connectivity index is 1.42. The lowest BCUT2D eigenvalue weighted by molar-refractivity contribution is 0.600. The van der Waals surface area contributed by atoms with E-state index in [1.54, 1.807) is 18.3 Å². The number of H-pyrrole nitrogens is 2. The zero-order valence-electron chi connectivity index (χ0n) is 22.1. The molecule has 0 radical (unpaired) electrons. The van der Waals surface area contributed by atoms with E-state index in [0.29, 0.717) is 39.4 Å². The summed E-state index contributed by atoms with van der Waals surface area (Å²) in [5.41, 5.74) is 7.45. The van der Waals surface area contributed by atoms with Crippen LogP contribution in [0.25, 0.3) is 55.8 Å². The van der Waals surface area contributed by atoms with Crippen molar-refractivity contribution in [2.24, 2.45) is 0 Å². The molecule has 0 aliphatic heterocycles. The van der Waals surface area contributed by atoms with Gasteiger partial charge in [-0.15, -0.1) is 0 Å². The van der Waals surface area contributed by atoms with Crippen LogP contribution in [0.4, 0.5) is 10.1 Å². The number of nitrogens with one attached hydrogen (secondary N) is 2. The van der Waals surface area contributed by atoms with Crippen LogP contribution in [-0.4, -0.2) is 64.7 Å². The second kappa shape index (κ2) is 9.83. The van der Waals surface area contributed by atoms with Crippen LogP contribution < -0.4 is 4.90 Å². The van der Waals surface area contributed by atoms with Crippen molar-refractivity contribution < 1.29 is 12.8 Å². The van der Waals surface area contributed by atoms with Crippen LogP contribution in [0, 0.1) is 5.82 Å². The van der Waals surface area contributed by atoms with E-state index < -0.39 is 15.7 Å². The number of pyridine rings is 2. The first-order valence-corrected chi connectivity index (χ1v) is 14.6. The molecular formula is C29H26FN7O2S. The van der Waals surface area contributed by atoms with Crippen LogP contribution in [0.5, 0.6) is 0 Å². The molecule has 0 saturated carbocycles. The van der Waals surface area contributed by atoms with Gasteiger partial charge in [-0.05, 0) is 59.5 Å². The Morgan fingerprint density at radius 3 is 2.62 bits per heavy atom. The van der Waals surface area contributed by atoms with Gasteiger partial charge in [0.15, 0.2) is 11.5 Å². The van der Waals surface area contributed by atoms with Crippen molar-refractivity contribution in [1.82, 2.24) is 30.1 Å². The number of fused-ring (bicyclic) bond motifs is 2. The summed E-state index contributed by atoms with van der Waals surface area (Å²) < 4.78 is 37.9. The zero-order valence-corrected chi connectivity index (χ0v) is 22.9. The lowest BCUT2D eigenvalue weighted by Gasteiger charge is -2.13. The summed E-state index contributed by atoms with van der Waals surface area (Å²) >= 11 is 0. The molecule has 0 fully saturated rings. The maximum absolute atomic E-state index is 14.6. The highest BCUT2D eigenvalue weighted by Gasteiger charge is 2.17. The Kier molecular flexibility index (Phi) is 6.30. The van der Waals surface area contributed by atoms with Crippen molar-refractivity contribution >= 4 is 37.6 Å². The molecule has 6 rings (SSSR count). The van der Waals surface area contributed by atoms with E-state index in [0.717, 1.165) is 27.7 Å². The predicted octanol–water partition coefficient (Wildman–Crippen LogP) is 5.02.